The van der Waals surface area contributed by atoms with Crippen molar-refractivity contribution in [2.75, 3.05) is 0 Å². The number of hydrogen-bond donors (Lipinski definition) is 0. The fraction of sp³-hybridized carbons (Fsp3) is 0.222. The molecule has 30 heavy (non-hydrogen) atoms. The Hall–Kier alpha value is -3.20. The molecular formula is C27H22FNO. The van der Waals surface area contributed by atoms with Gasteiger partial charge in [0.25, 0.3) is 0 Å². The maximum Gasteiger partial charge on any atom is 0.149 e. The van der Waals surface area contributed by atoms with Crippen molar-refractivity contribution >= 4 is 32.7 Å². The number of aromatic nitrogens is 1. The lowest BCUT2D eigenvalue weighted by Gasteiger charge is -2.13. The predicted molar refractivity (Wildman–Crippen MR) is 120 cm³/mol. The third-order valence-electron chi connectivity index (χ3n) is 6.57. The van der Waals surface area contributed by atoms with Gasteiger partial charge < -0.3 is 4.42 Å². The summed E-state index contributed by atoms with van der Waals surface area (Å²) < 4.78 is 21.1. The van der Waals surface area contributed by atoms with Crippen molar-refractivity contribution in [1.29, 1.82) is 0 Å². The molecule has 0 bridgehead atoms. The van der Waals surface area contributed by atoms with Crippen LogP contribution < -0.4 is 0 Å². The predicted octanol–water partition coefficient (Wildman–Crippen LogP) is 7.91. The molecule has 0 amide bonds. The zero-order chi connectivity index (χ0) is 20.2. The van der Waals surface area contributed by atoms with Gasteiger partial charge in [-0.05, 0) is 61.1 Å². The summed E-state index contributed by atoms with van der Waals surface area (Å²) in [7, 11) is 0. The lowest BCUT2D eigenvalue weighted by molar-refractivity contribution is 0.633. The van der Waals surface area contributed by atoms with E-state index in [-0.39, 0.29) is 5.82 Å². The van der Waals surface area contributed by atoms with Gasteiger partial charge in [-0.25, -0.2) is 4.39 Å². The first-order valence-electron chi connectivity index (χ1n) is 10.7. The average Bonchev–Trinajstić information content (AvgIpc) is 3.42. The first-order valence-corrected chi connectivity index (χ1v) is 10.7. The molecule has 0 saturated heterocycles. The van der Waals surface area contributed by atoms with Crippen LogP contribution in [-0.2, 0) is 0 Å². The quantitative estimate of drug-likeness (QED) is 0.303. The highest BCUT2D eigenvalue weighted by molar-refractivity contribution is 6.11. The van der Waals surface area contributed by atoms with Crippen LogP contribution in [0.1, 0.15) is 42.7 Å². The molecule has 0 radical (unpaired) electrons. The maximum absolute atomic E-state index is 14.8. The van der Waals surface area contributed by atoms with Crippen molar-refractivity contribution in [3.05, 3.63) is 77.7 Å². The molecule has 3 aromatic carbocycles. The van der Waals surface area contributed by atoms with Gasteiger partial charge in [-0.15, -0.1) is 0 Å². The number of rotatable bonds is 2. The Balaban J connectivity index is 1.63. The zero-order valence-electron chi connectivity index (χ0n) is 16.9. The highest BCUT2D eigenvalue weighted by atomic mass is 19.1. The second-order valence-corrected chi connectivity index (χ2v) is 8.53. The molecule has 1 aliphatic carbocycles. The molecule has 3 heteroatoms. The summed E-state index contributed by atoms with van der Waals surface area (Å²) >= 11 is 0. The van der Waals surface area contributed by atoms with Crippen LogP contribution in [0.4, 0.5) is 4.39 Å². The largest absolute Gasteiger partial charge is 0.455 e. The van der Waals surface area contributed by atoms with E-state index < -0.39 is 0 Å². The molecule has 1 aliphatic rings. The van der Waals surface area contributed by atoms with E-state index in [0.717, 1.165) is 44.1 Å². The molecule has 2 nitrogen and oxygen atoms in total. The van der Waals surface area contributed by atoms with Gasteiger partial charge in [-0.2, -0.15) is 0 Å². The van der Waals surface area contributed by atoms with E-state index in [1.54, 1.807) is 0 Å². The summed E-state index contributed by atoms with van der Waals surface area (Å²) in [6.45, 7) is 2.08. The molecule has 0 spiro atoms. The zero-order valence-corrected chi connectivity index (χ0v) is 16.9. The number of fused-ring (bicyclic) bond motifs is 4. The monoisotopic (exact) mass is 395 g/mol. The van der Waals surface area contributed by atoms with Crippen LogP contribution in [0.3, 0.4) is 0 Å². The molecule has 0 aliphatic heterocycles. The Labute approximate surface area is 174 Å². The second kappa shape index (κ2) is 6.66. The van der Waals surface area contributed by atoms with Crippen LogP contribution in [0.25, 0.3) is 44.0 Å². The Morgan fingerprint density at radius 3 is 2.60 bits per heavy atom. The van der Waals surface area contributed by atoms with Crippen molar-refractivity contribution in [2.24, 2.45) is 0 Å². The first-order chi connectivity index (χ1) is 14.7. The number of pyridine rings is 1. The molecule has 5 aromatic rings. The summed E-state index contributed by atoms with van der Waals surface area (Å²) in [5.74, 6) is 0.286. The molecule has 0 unspecified atom stereocenters. The molecule has 1 saturated carbocycles. The van der Waals surface area contributed by atoms with E-state index in [4.69, 9.17) is 4.42 Å². The van der Waals surface area contributed by atoms with Gasteiger partial charge in [0, 0.05) is 27.1 Å². The first kappa shape index (κ1) is 17.6. The smallest absolute Gasteiger partial charge is 0.149 e. The normalized spacial score (nSPS) is 15.0. The Bertz CT molecular complexity index is 1430. The van der Waals surface area contributed by atoms with Crippen LogP contribution in [0.5, 0.6) is 0 Å². The molecule has 0 atom stereocenters. The topological polar surface area (TPSA) is 26.0 Å². The van der Waals surface area contributed by atoms with Gasteiger partial charge in [0.2, 0.25) is 0 Å². The van der Waals surface area contributed by atoms with Crippen LogP contribution in [0.2, 0.25) is 0 Å². The molecule has 6 rings (SSSR count). The molecule has 2 aromatic heterocycles. The van der Waals surface area contributed by atoms with Crippen LogP contribution >= 0.6 is 0 Å². The summed E-state index contributed by atoms with van der Waals surface area (Å²) in [4.78, 5) is 4.53. The van der Waals surface area contributed by atoms with E-state index >= 15 is 0 Å². The molecule has 1 fully saturated rings. The summed E-state index contributed by atoms with van der Waals surface area (Å²) in [5.41, 5.74) is 5.73. The molecule has 2 heterocycles. The SMILES string of the molecule is Cc1cc(-c2ncc(F)c3cc(C4CCCC4)ccc23)c2oc3ccccc3c2c1. The van der Waals surface area contributed by atoms with Crippen molar-refractivity contribution in [1.82, 2.24) is 4.98 Å². The number of benzene rings is 3. The summed E-state index contributed by atoms with van der Waals surface area (Å²) in [6.07, 6.45) is 6.28. The van der Waals surface area contributed by atoms with Gasteiger partial charge in [0.15, 0.2) is 0 Å². The summed E-state index contributed by atoms with van der Waals surface area (Å²) in [5, 5.41) is 3.65. The third-order valence-corrected chi connectivity index (χ3v) is 6.57. The van der Waals surface area contributed by atoms with Gasteiger partial charge in [0.1, 0.15) is 17.0 Å². The van der Waals surface area contributed by atoms with Crippen molar-refractivity contribution < 1.29 is 8.81 Å². The third kappa shape index (κ3) is 2.65. The van der Waals surface area contributed by atoms with Crippen LogP contribution in [0.15, 0.2) is 65.2 Å². The van der Waals surface area contributed by atoms with Gasteiger partial charge >= 0.3 is 0 Å². The van der Waals surface area contributed by atoms with Crippen molar-refractivity contribution in [2.45, 2.75) is 38.5 Å². The van der Waals surface area contributed by atoms with E-state index in [0.29, 0.717) is 11.3 Å². The summed E-state index contributed by atoms with van der Waals surface area (Å²) in [6, 6.07) is 18.6. The number of furan rings is 1. The lowest BCUT2D eigenvalue weighted by Crippen LogP contribution is -1.95. The minimum atomic E-state index is -0.262. The van der Waals surface area contributed by atoms with Gasteiger partial charge in [-0.3, -0.25) is 4.98 Å². The van der Waals surface area contributed by atoms with E-state index in [2.05, 4.69) is 36.2 Å². The van der Waals surface area contributed by atoms with Gasteiger partial charge in [-0.1, -0.05) is 43.2 Å². The second-order valence-electron chi connectivity index (χ2n) is 8.53. The number of para-hydroxylation sites is 1. The van der Waals surface area contributed by atoms with E-state index in [1.807, 2.05) is 30.3 Å². The maximum atomic E-state index is 14.8. The standard InChI is InChI=1S/C27H22FNO/c1-16-12-22-19-8-4-5-9-25(19)30-27(22)23(13-16)26-20-11-10-18(17-6-2-3-7-17)14-21(20)24(28)15-29-26/h4-5,8-15,17H,2-3,6-7H2,1H3. The molecular weight excluding hydrogens is 373 g/mol. The van der Waals surface area contributed by atoms with Crippen molar-refractivity contribution in [3.63, 3.8) is 0 Å². The number of hydrogen-bond acceptors (Lipinski definition) is 2. The minimum absolute atomic E-state index is 0.262. The van der Waals surface area contributed by atoms with E-state index in [1.165, 1.54) is 37.4 Å². The number of halogens is 1. The van der Waals surface area contributed by atoms with E-state index in [9.17, 15) is 4.39 Å². The molecule has 148 valence electrons. The number of nitrogens with zero attached hydrogens (tertiary/aromatic N) is 1. The Morgan fingerprint density at radius 1 is 0.900 bits per heavy atom. The Morgan fingerprint density at radius 2 is 1.73 bits per heavy atom. The fourth-order valence-corrected chi connectivity index (χ4v) is 5.10. The minimum Gasteiger partial charge on any atom is -0.455 e. The molecule has 0 N–H and O–H groups in total. The lowest BCUT2D eigenvalue weighted by atomic mass is 9.93. The highest BCUT2D eigenvalue weighted by Crippen LogP contribution is 2.40. The van der Waals surface area contributed by atoms with Crippen molar-refractivity contribution in [3.8, 4) is 11.3 Å². The van der Waals surface area contributed by atoms with Crippen LogP contribution in [-0.4, -0.2) is 4.98 Å². The average molecular weight is 395 g/mol. The number of aryl methyl sites for hydroxylation is 1. The van der Waals surface area contributed by atoms with Crippen LogP contribution in [0, 0.1) is 12.7 Å². The Kier molecular flexibility index (Phi) is 3.92. The van der Waals surface area contributed by atoms with Gasteiger partial charge in [0.05, 0.1) is 11.9 Å². The fourth-order valence-electron chi connectivity index (χ4n) is 5.10. The highest BCUT2D eigenvalue weighted by Gasteiger charge is 2.20.